The van der Waals surface area contributed by atoms with Crippen molar-refractivity contribution in [2.24, 2.45) is 5.73 Å². The summed E-state index contributed by atoms with van der Waals surface area (Å²) in [5.74, 6) is 0.933. The lowest BCUT2D eigenvalue weighted by Gasteiger charge is -2.12. The maximum absolute atomic E-state index is 6.14. The zero-order valence-electron chi connectivity index (χ0n) is 13.1. The molecule has 22 heavy (non-hydrogen) atoms. The summed E-state index contributed by atoms with van der Waals surface area (Å²) in [5, 5.41) is 0. The van der Waals surface area contributed by atoms with Crippen molar-refractivity contribution in [1.29, 1.82) is 0 Å². The summed E-state index contributed by atoms with van der Waals surface area (Å²) in [5.41, 5.74) is 12.1. The molecule has 0 amide bonds. The first kappa shape index (κ1) is 15.3. The van der Waals surface area contributed by atoms with Gasteiger partial charge in [-0.05, 0) is 61.7 Å². The Bertz CT molecular complexity index is 816. The Kier molecular flexibility index (Phi) is 4.06. The number of aromatic nitrogens is 2. The number of rotatable bonds is 3. The maximum atomic E-state index is 6.14. The van der Waals surface area contributed by atoms with Crippen molar-refractivity contribution in [3.8, 4) is 0 Å². The number of halogens is 1. The summed E-state index contributed by atoms with van der Waals surface area (Å²) >= 11 is 3.48. The van der Waals surface area contributed by atoms with Gasteiger partial charge in [0.15, 0.2) is 0 Å². The van der Waals surface area contributed by atoms with Gasteiger partial charge in [-0.2, -0.15) is 0 Å². The third-order valence-corrected chi connectivity index (χ3v) is 4.58. The average molecular weight is 358 g/mol. The third kappa shape index (κ3) is 2.81. The number of aryl methyl sites for hydroxylation is 2. The molecule has 2 N–H and O–H groups in total. The fourth-order valence-corrected chi connectivity index (χ4v) is 2.95. The van der Waals surface area contributed by atoms with E-state index in [-0.39, 0.29) is 6.04 Å². The molecule has 0 fully saturated rings. The molecule has 2 aromatic carbocycles. The number of benzene rings is 2. The van der Waals surface area contributed by atoms with E-state index in [1.165, 1.54) is 16.7 Å². The number of hydrogen-bond acceptors (Lipinski definition) is 2. The molecule has 0 aliphatic rings. The van der Waals surface area contributed by atoms with Crippen molar-refractivity contribution in [1.82, 2.24) is 9.55 Å². The second kappa shape index (κ2) is 5.86. The molecule has 0 aliphatic heterocycles. The van der Waals surface area contributed by atoms with Gasteiger partial charge >= 0.3 is 0 Å². The van der Waals surface area contributed by atoms with E-state index in [9.17, 15) is 0 Å². The van der Waals surface area contributed by atoms with Crippen LogP contribution < -0.4 is 5.73 Å². The van der Waals surface area contributed by atoms with Gasteiger partial charge in [0.05, 0.1) is 17.1 Å². The highest BCUT2D eigenvalue weighted by Crippen LogP contribution is 2.24. The zero-order chi connectivity index (χ0) is 15.9. The zero-order valence-corrected chi connectivity index (χ0v) is 14.7. The Balaban J connectivity index is 2.15. The largest absolute Gasteiger partial charge is 0.322 e. The van der Waals surface area contributed by atoms with Crippen LogP contribution in [0.1, 0.15) is 35.5 Å². The summed E-state index contributed by atoms with van der Waals surface area (Å²) in [6, 6.07) is 12.6. The number of hydrogen-bond donors (Lipinski definition) is 1. The van der Waals surface area contributed by atoms with Gasteiger partial charge in [-0.25, -0.2) is 4.98 Å². The molecule has 1 unspecified atom stereocenters. The van der Waals surface area contributed by atoms with E-state index in [0.29, 0.717) is 0 Å². The standard InChI is InChI=1S/C18H20BrN3/c1-11-8-16-17(9-12(11)2)22(18(21-16)13(3)20)10-14-4-6-15(19)7-5-14/h4-9,13H,10,20H2,1-3H3. The molecule has 1 heterocycles. The van der Waals surface area contributed by atoms with Crippen LogP contribution in [0.3, 0.4) is 0 Å². The van der Waals surface area contributed by atoms with E-state index in [4.69, 9.17) is 10.7 Å². The summed E-state index contributed by atoms with van der Waals surface area (Å²) in [6.45, 7) is 7.02. The summed E-state index contributed by atoms with van der Waals surface area (Å²) < 4.78 is 3.32. The third-order valence-electron chi connectivity index (χ3n) is 4.05. The molecular formula is C18H20BrN3. The fraction of sp³-hybridized carbons (Fsp3) is 0.278. The van der Waals surface area contributed by atoms with E-state index < -0.39 is 0 Å². The highest BCUT2D eigenvalue weighted by Gasteiger charge is 2.15. The summed E-state index contributed by atoms with van der Waals surface area (Å²) in [4.78, 5) is 4.76. The topological polar surface area (TPSA) is 43.8 Å². The van der Waals surface area contributed by atoms with Crippen molar-refractivity contribution < 1.29 is 0 Å². The monoisotopic (exact) mass is 357 g/mol. The second-order valence-electron chi connectivity index (χ2n) is 5.90. The molecule has 0 aliphatic carbocycles. The van der Waals surface area contributed by atoms with Crippen LogP contribution in [0.25, 0.3) is 11.0 Å². The first-order valence-corrected chi connectivity index (χ1v) is 8.22. The number of nitrogens with zero attached hydrogens (tertiary/aromatic N) is 2. The lowest BCUT2D eigenvalue weighted by atomic mass is 10.1. The SMILES string of the molecule is Cc1cc2nc(C(C)N)n(Cc3ccc(Br)cc3)c2cc1C. The smallest absolute Gasteiger partial charge is 0.126 e. The molecule has 0 radical (unpaired) electrons. The molecule has 3 rings (SSSR count). The van der Waals surface area contributed by atoms with Gasteiger partial charge in [-0.15, -0.1) is 0 Å². The van der Waals surface area contributed by atoms with Gasteiger partial charge in [-0.1, -0.05) is 28.1 Å². The average Bonchev–Trinajstić information content (AvgIpc) is 2.80. The molecule has 0 bridgehead atoms. The predicted molar refractivity (Wildman–Crippen MR) is 95.1 cm³/mol. The normalized spacial score (nSPS) is 12.8. The van der Waals surface area contributed by atoms with Gasteiger partial charge in [0.25, 0.3) is 0 Å². The minimum Gasteiger partial charge on any atom is -0.322 e. The van der Waals surface area contributed by atoms with Crippen molar-refractivity contribution in [3.05, 3.63) is 63.4 Å². The van der Waals surface area contributed by atoms with Crippen LogP contribution in [0.2, 0.25) is 0 Å². The Morgan fingerprint density at radius 3 is 2.41 bits per heavy atom. The summed E-state index contributed by atoms with van der Waals surface area (Å²) in [6.07, 6.45) is 0. The minimum absolute atomic E-state index is 0.0940. The highest BCUT2D eigenvalue weighted by atomic mass is 79.9. The molecule has 3 aromatic rings. The lowest BCUT2D eigenvalue weighted by molar-refractivity contribution is 0.664. The van der Waals surface area contributed by atoms with Gasteiger partial charge in [0, 0.05) is 11.0 Å². The van der Waals surface area contributed by atoms with Crippen molar-refractivity contribution >= 4 is 27.0 Å². The lowest BCUT2D eigenvalue weighted by Crippen LogP contribution is -2.14. The van der Waals surface area contributed by atoms with Gasteiger partial charge in [0.2, 0.25) is 0 Å². The van der Waals surface area contributed by atoms with Gasteiger partial charge in [-0.3, -0.25) is 0 Å². The molecule has 114 valence electrons. The second-order valence-corrected chi connectivity index (χ2v) is 6.81. The van der Waals surface area contributed by atoms with Crippen molar-refractivity contribution in [2.75, 3.05) is 0 Å². The van der Waals surface area contributed by atoms with Crippen LogP contribution in [0.5, 0.6) is 0 Å². The molecular weight excluding hydrogens is 338 g/mol. The molecule has 4 heteroatoms. The van der Waals surface area contributed by atoms with Crippen molar-refractivity contribution in [2.45, 2.75) is 33.4 Å². The van der Waals surface area contributed by atoms with E-state index in [1.54, 1.807) is 0 Å². The Morgan fingerprint density at radius 2 is 1.77 bits per heavy atom. The molecule has 0 saturated heterocycles. The quantitative estimate of drug-likeness (QED) is 0.750. The highest BCUT2D eigenvalue weighted by molar-refractivity contribution is 9.10. The van der Waals surface area contributed by atoms with E-state index in [1.807, 2.05) is 6.92 Å². The Morgan fingerprint density at radius 1 is 1.14 bits per heavy atom. The summed E-state index contributed by atoms with van der Waals surface area (Å²) in [7, 11) is 0. The number of nitrogens with two attached hydrogens (primary N) is 1. The molecule has 0 spiro atoms. The molecule has 0 saturated carbocycles. The molecule has 1 aromatic heterocycles. The van der Waals surface area contributed by atoms with Gasteiger partial charge < -0.3 is 10.3 Å². The van der Waals surface area contributed by atoms with E-state index >= 15 is 0 Å². The Hall–Kier alpha value is -1.65. The maximum Gasteiger partial charge on any atom is 0.126 e. The predicted octanol–water partition coefficient (Wildman–Crippen LogP) is 4.48. The van der Waals surface area contributed by atoms with Crippen LogP contribution in [-0.2, 0) is 6.54 Å². The first-order chi connectivity index (χ1) is 10.5. The van der Waals surface area contributed by atoms with E-state index in [0.717, 1.165) is 27.9 Å². The molecule has 3 nitrogen and oxygen atoms in total. The number of fused-ring (bicyclic) bond motifs is 1. The fourth-order valence-electron chi connectivity index (χ4n) is 2.68. The van der Waals surface area contributed by atoms with Crippen LogP contribution in [0.15, 0.2) is 40.9 Å². The van der Waals surface area contributed by atoms with Crippen LogP contribution >= 0.6 is 15.9 Å². The van der Waals surface area contributed by atoms with Crippen LogP contribution in [0, 0.1) is 13.8 Å². The first-order valence-electron chi connectivity index (χ1n) is 7.43. The van der Waals surface area contributed by atoms with Crippen molar-refractivity contribution in [3.63, 3.8) is 0 Å². The van der Waals surface area contributed by atoms with E-state index in [2.05, 4.69) is 70.7 Å². The Labute approximate surface area is 139 Å². The number of imidazole rings is 1. The van der Waals surface area contributed by atoms with Crippen LogP contribution in [0.4, 0.5) is 0 Å². The van der Waals surface area contributed by atoms with Gasteiger partial charge in [0.1, 0.15) is 5.82 Å². The van der Waals surface area contributed by atoms with Crippen LogP contribution in [-0.4, -0.2) is 9.55 Å². The minimum atomic E-state index is -0.0940. The molecule has 1 atom stereocenters.